The average Bonchev–Trinajstić information content (AvgIpc) is 2.42. The summed E-state index contributed by atoms with van der Waals surface area (Å²) in [6, 6.07) is 0.177. The number of rotatable bonds is 8. The van der Waals surface area contributed by atoms with Crippen LogP contribution in [-0.4, -0.2) is 60.0 Å². The lowest BCUT2D eigenvalue weighted by Crippen LogP contribution is -2.46. The number of nitrogens with one attached hydrogen (secondary N) is 2. The predicted octanol–water partition coefficient (Wildman–Crippen LogP) is -0.0420. The number of carbonyl (C=O) groups is 3. The van der Waals surface area contributed by atoms with Crippen LogP contribution in [-0.2, 0) is 14.4 Å². The number of nitrogens with zero attached hydrogens (tertiary/aromatic N) is 1. The number of carbonyl (C=O) groups excluding carboxylic acids is 2. The number of aliphatic carboxylic acids is 1. The van der Waals surface area contributed by atoms with E-state index in [1.165, 1.54) is 6.92 Å². The Morgan fingerprint density at radius 2 is 1.90 bits per heavy atom. The molecule has 1 fully saturated rings. The van der Waals surface area contributed by atoms with Gasteiger partial charge < -0.3 is 15.7 Å². The predicted molar refractivity (Wildman–Crippen MR) is 77.8 cm³/mol. The highest BCUT2D eigenvalue weighted by molar-refractivity contribution is 5.78. The van der Waals surface area contributed by atoms with Crippen molar-refractivity contribution in [3.05, 3.63) is 0 Å². The van der Waals surface area contributed by atoms with Gasteiger partial charge in [-0.25, -0.2) is 0 Å². The molecule has 2 amide bonds. The summed E-state index contributed by atoms with van der Waals surface area (Å²) in [5.74, 6) is -0.989. The number of piperidine rings is 1. The molecule has 0 aromatic rings. The van der Waals surface area contributed by atoms with Gasteiger partial charge in [-0.15, -0.1) is 0 Å². The zero-order valence-corrected chi connectivity index (χ0v) is 12.6. The zero-order chi connectivity index (χ0) is 15.7. The standard InChI is InChI=1S/C14H25N3O4/c1-11(18)15-7-8-16-13(19)10-17-9-3-2-4-12(17)5-6-14(20)21/h12H,2-10H2,1H3,(H,15,18)(H,16,19)(H,20,21). The minimum Gasteiger partial charge on any atom is -0.481 e. The smallest absolute Gasteiger partial charge is 0.303 e. The van der Waals surface area contributed by atoms with Crippen LogP contribution >= 0.6 is 0 Å². The van der Waals surface area contributed by atoms with Crippen LogP contribution in [0.15, 0.2) is 0 Å². The molecule has 7 nitrogen and oxygen atoms in total. The van der Waals surface area contributed by atoms with Gasteiger partial charge in [0.25, 0.3) is 0 Å². The van der Waals surface area contributed by atoms with Crippen LogP contribution in [0.5, 0.6) is 0 Å². The fourth-order valence-electron chi connectivity index (χ4n) is 2.57. The molecule has 0 bridgehead atoms. The molecular formula is C14H25N3O4. The minimum absolute atomic E-state index is 0.0809. The fraction of sp³-hybridized carbons (Fsp3) is 0.786. The normalized spacial score (nSPS) is 19.0. The van der Waals surface area contributed by atoms with Gasteiger partial charge in [0.05, 0.1) is 6.54 Å². The first-order valence-electron chi connectivity index (χ1n) is 7.46. The van der Waals surface area contributed by atoms with E-state index in [2.05, 4.69) is 15.5 Å². The Balaban J connectivity index is 2.30. The van der Waals surface area contributed by atoms with E-state index in [9.17, 15) is 14.4 Å². The summed E-state index contributed by atoms with van der Waals surface area (Å²) < 4.78 is 0. The molecule has 1 aliphatic rings. The lowest BCUT2D eigenvalue weighted by Gasteiger charge is -2.35. The Labute approximate surface area is 125 Å². The molecule has 1 saturated heterocycles. The number of hydrogen-bond donors (Lipinski definition) is 3. The van der Waals surface area contributed by atoms with Crippen molar-refractivity contribution in [3.8, 4) is 0 Å². The van der Waals surface area contributed by atoms with E-state index in [-0.39, 0.29) is 24.3 Å². The van der Waals surface area contributed by atoms with Gasteiger partial charge in [-0.2, -0.15) is 0 Å². The van der Waals surface area contributed by atoms with Gasteiger partial charge in [0.2, 0.25) is 11.8 Å². The number of likely N-dealkylation sites (tertiary alicyclic amines) is 1. The van der Waals surface area contributed by atoms with E-state index >= 15 is 0 Å². The largest absolute Gasteiger partial charge is 0.481 e. The van der Waals surface area contributed by atoms with Crippen LogP contribution in [0, 0.1) is 0 Å². The molecule has 0 radical (unpaired) electrons. The van der Waals surface area contributed by atoms with E-state index in [4.69, 9.17) is 5.11 Å². The number of amides is 2. The second-order valence-corrected chi connectivity index (χ2v) is 5.39. The van der Waals surface area contributed by atoms with E-state index in [1.807, 2.05) is 0 Å². The first-order valence-corrected chi connectivity index (χ1v) is 7.46. The summed E-state index contributed by atoms with van der Waals surface area (Å²) in [6.07, 6.45) is 3.82. The highest BCUT2D eigenvalue weighted by Crippen LogP contribution is 2.20. The average molecular weight is 299 g/mol. The first kappa shape index (κ1) is 17.4. The third kappa shape index (κ3) is 7.65. The molecule has 1 heterocycles. The maximum Gasteiger partial charge on any atom is 0.303 e. The molecule has 21 heavy (non-hydrogen) atoms. The summed E-state index contributed by atoms with van der Waals surface area (Å²) in [4.78, 5) is 35.3. The van der Waals surface area contributed by atoms with Crippen molar-refractivity contribution >= 4 is 17.8 Å². The Bertz CT molecular complexity index is 373. The molecule has 3 N–H and O–H groups in total. The number of carboxylic acid groups (broad SMARTS) is 1. The maximum absolute atomic E-state index is 11.9. The first-order chi connectivity index (χ1) is 9.99. The summed E-state index contributed by atoms with van der Waals surface area (Å²) in [6.45, 7) is 3.39. The van der Waals surface area contributed by atoms with Gasteiger partial charge >= 0.3 is 5.97 Å². The molecule has 1 rings (SSSR count). The quantitative estimate of drug-likeness (QED) is 0.546. The molecular weight excluding hydrogens is 274 g/mol. The van der Waals surface area contributed by atoms with Crippen LogP contribution < -0.4 is 10.6 Å². The van der Waals surface area contributed by atoms with Crippen LogP contribution in [0.3, 0.4) is 0 Å². The van der Waals surface area contributed by atoms with Crippen molar-refractivity contribution < 1.29 is 19.5 Å². The molecule has 120 valence electrons. The van der Waals surface area contributed by atoms with Crippen molar-refractivity contribution in [2.24, 2.45) is 0 Å². The fourth-order valence-corrected chi connectivity index (χ4v) is 2.57. The number of hydrogen-bond acceptors (Lipinski definition) is 4. The second kappa shape index (κ2) is 9.33. The topological polar surface area (TPSA) is 98.7 Å². The molecule has 1 aliphatic heterocycles. The Hall–Kier alpha value is -1.63. The van der Waals surface area contributed by atoms with Crippen molar-refractivity contribution in [2.45, 2.75) is 45.1 Å². The van der Waals surface area contributed by atoms with Gasteiger partial charge in [0, 0.05) is 32.5 Å². The molecule has 7 heteroatoms. The Kier molecular flexibility index (Phi) is 7.74. The summed E-state index contributed by atoms with van der Waals surface area (Å²) >= 11 is 0. The van der Waals surface area contributed by atoms with Gasteiger partial charge in [0.1, 0.15) is 0 Å². The summed E-state index contributed by atoms with van der Waals surface area (Å²) in [5, 5.41) is 14.1. The second-order valence-electron chi connectivity index (χ2n) is 5.39. The van der Waals surface area contributed by atoms with Gasteiger partial charge in [-0.3, -0.25) is 19.3 Å². The van der Waals surface area contributed by atoms with Gasteiger partial charge in [0.15, 0.2) is 0 Å². The van der Waals surface area contributed by atoms with Crippen LogP contribution in [0.25, 0.3) is 0 Å². The molecule has 0 aromatic heterocycles. The van der Waals surface area contributed by atoms with Crippen LogP contribution in [0.4, 0.5) is 0 Å². The van der Waals surface area contributed by atoms with Gasteiger partial charge in [-0.1, -0.05) is 6.42 Å². The summed E-state index contributed by atoms with van der Waals surface area (Å²) in [7, 11) is 0. The minimum atomic E-state index is -0.791. The van der Waals surface area contributed by atoms with Crippen molar-refractivity contribution in [2.75, 3.05) is 26.2 Å². The SMILES string of the molecule is CC(=O)NCCNC(=O)CN1CCCCC1CCC(=O)O. The zero-order valence-electron chi connectivity index (χ0n) is 12.6. The third-order valence-corrected chi connectivity index (χ3v) is 3.61. The monoisotopic (exact) mass is 299 g/mol. The molecule has 0 saturated carbocycles. The van der Waals surface area contributed by atoms with Gasteiger partial charge in [-0.05, 0) is 25.8 Å². The molecule has 0 aromatic carbocycles. The highest BCUT2D eigenvalue weighted by atomic mass is 16.4. The Morgan fingerprint density at radius 1 is 1.19 bits per heavy atom. The summed E-state index contributed by atoms with van der Waals surface area (Å²) in [5.41, 5.74) is 0. The molecule has 1 unspecified atom stereocenters. The molecule has 0 aliphatic carbocycles. The lowest BCUT2D eigenvalue weighted by molar-refractivity contribution is -0.137. The van der Waals surface area contributed by atoms with Crippen LogP contribution in [0.2, 0.25) is 0 Å². The molecule has 1 atom stereocenters. The maximum atomic E-state index is 11.9. The van der Waals surface area contributed by atoms with Crippen molar-refractivity contribution in [1.29, 1.82) is 0 Å². The van der Waals surface area contributed by atoms with E-state index < -0.39 is 5.97 Å². The van der Waals surface area contributed by atoms with Crippen LogP contribution in [0.1, 0.15) is 39.0 Å². The van der Waals surface area contributed by atoms with Crippen molar-refractivity contribution in [1.82, 2.24) is 15.5 Å². The van der Waals surface area contributed by atoms with E-state index in [0.29, 0.717) is 26.1 Å². The Morgan fingerprint density at radius 3 is 2.57 bits per heavy atom. The molecule has 0 spiro atoms. The van der Waals surface area contributed by atoms with E-state index in [0.717, 1.165) is 25.8 Å². The highest BCUT2D eigenvalue weighted by Gasteiger charge is 2.24. The van der Waals surface area contributed by atoms with E-state index in [1.54, 1.807) is 0 Å². The third-order valence-electron chi connectivity index (χ3n) is 3.61. The van der Waals surface area contributed by atoms with Crippen molar-refractivity contribution in [3.63, 3.8) is 0 Å². The lowest BCUT2D eigenvalue weighted by atomic mass is 9.98. The number of carboxylic acids is 1.